The molecule has 5 heteroatoms. The number of benzene rings is 2. The van der Waals surface area contributed by atoms with E-state index < -0.39 is 23.7 Å². The lowest BCUT2D eigenvalue weighted by atomic mass is 9.97. The third-order valence-electron chi connectivity index (χ3n) is 3.27. The van der Waals surface area contributed by atoms with Gasteiger partial charge in [-0.2, -0.15) is 0 Å². The fourth-order valence-electron chi connectivity index (χ4n) is 2.42. The summed E-state index contributed by atoms with van der Waals surface area (Å²) in [6, 6.07) is 12.6. The summed E-state index contributed by atoms with van der Waals surface area (Å²) in [6.07, 6.45) is -0.843. The van der Waals surface area contributed by atoms with E-state index in [1.807, 2.05) is 42.5 Å². The van der Waals surface area contributed by atoms with Crippen molar-refractivity contribution in [3.05, 3.63) is 48.0 Å². The van der Waals surface area contributed by atoms with Crippen molar-refractivity contribution in [2.75, 3.05) is 0 Å². The largest absolute Gasteiger partial charge is 0.481 e. The molecule has 0 saturated carbocycles. The number of amides is 1. The highest BCUT2D eigenvalue weighted by molar-refractivity contribution is 5.87. The maximum absolute atomic E-state index is 12.0. The van der Waals surface area contributed by atoms with E-state index in [1.165, 1.54) is 0 Å². The molecule has 2 N–H and O–H groups in total. The van der Waals surface area contributed by atoms with Crippen molar-refractivity contribution in [2.45, 2.75) is 38.8 Å². The Morgan fingerprint density at radius 1 is 1.13 bits per heavy atom. The Labute approximate surface area is 135 Å². The van der Waals surface area contributed by atoms with Crippen LogP contribution in [0.2, 0.25) is 0 Å². The second kappa shape index (κ2) is 6.69. The van der Waals surface area contributed by atoms with E-state index >= 15 is 0 Å². The van der Waals surface area contributed by atoms with E-state index in [2.05, 4.69) is 5.32 Å². The highest BCUT2D eigenvalue weighted by atomic mass is 16.6. The lowest BCUT2D eigenvalue weighted by Gasteiger charge is -2.24. The van der Waals surface area contributed by atoms with Gasteiger partial charge in [-0.3, -0.25) is 4.79 Å². The molecule has 2 aromatic carbocycles. The quantitative estimate of drug-likeness (QED) is 0.897. The van der Waals surface area contributed by atoms with Crippen molar-refractivity contribution in [3.63, 3.8) is 0 Å². The SMILES string of the molecule is CC(C)(C)OC(=O)N[C@H](CC(=O)O)c1cccc2ccccc12. The Morgan fingerprint density at radius 2 is 1.78 bits per heavy atom. The second-order valence-corrected chi connectivity index (χ2v) is 6.37. The fourth-order valence-corrected chi connectivity index (χ4v) is 2.42. The van der Waals surface area contributed by atoms with Crippen LogP contribution in [-0.4, -0.2) is 22.8 Å². The first kappa shape index (κ1) is 16.8. The lowest BCUT2D eigenvalue weighted by molar-refractivity contribution is -0.137. The van der Waals surface area contributed by atoms with Gasteiger partial charge in [-0.1, -0.05) is 42.5 Å². The van der Waals surface area contributed by atoms with E-state index in [1.54, 1.807) is 20.8 Å². The summed E-state index contributed by atoms with van der Waals surface area (Å²) in [5.74, 6) is -0.987. The van der Waals surface area contributed by atoms with Crippen molar-refractivity contribution >= 4 is 22.8 Å². The van der Waals surface area contributed by atoms with Gasteiger partial charge in [-0.05, 0) is 37.1 Å². The number of carbonyl (C=O) groups excluding carboxylic acids is 1. The van der Waals surface area contributed by atoms with Crippen LogP contribution in [0.25, 0.3) is 10.8 Å². The molecule has 23 heavy (non-hydrogen) atoms. The zero-order valence-corrected chi connectivity index (χ0v) is 13.5. The molecule has 0 aliphatic carbocycles. The van der Waals surface area contributed by atoms with Crippen molar-refractivity contribution in [1.29, 1.82) is 0 Å². The van der Waals surface area contributed by atoms with Gasteiger partial charge in [0.1, 0.15) is 5.60 Å². The molecule has 2 rings (SSSR count). The number of aliphatic carboxylic acids is 1. The van der Waals surface area contributed by atoms with Crippen LogP contribution in [0.5, 0.6) is 0 Å². The first-order chi connectivity index (χ1) is 10.8. The Bertz CT molecular complexity index is 713. The summed E-state index contributed by atoms with van der Waals surface area (Å²) in [5.41, 5.74) is 0.118. The van der Waals surface area contributed by atoms with E-state index in [4.69, 9.17) is 4.74 Å². The minimum atomic E-state index is -0.987. The van der Waals surface area contributed by atoms with Crippen LogP contribution in [0.4, 0.5) is 4.79 Å². The summed E-state index contributed by atoms with van der Waals surface area (Å²) >= 11 is 0. The van der Waals surface area contributed by atoms with Crippen LogP contribution in [0.3, 0.4) is 0 Å². The molecule has 0 unspecified atom stereocenters. The molecule has 0 fully saturated rings. The number of rotatable bonds is 4. The summed E-state index contributed by atoms with van der Waals surface area (Å²) in [5, 5.41) is 13.7. The number of carboxylic acid groups (broad SMARTS) is 1. The molecular formula is C18H21NO4. The number of hydrogen-bond acceptors (Lipinski definition) is 3. The highest BCUT2D eigenvalue weighted by Crippen LogP contribution is 2.26. The molecule has 0 spiro atoms. The highest BCUT2D eigenvalue weighted by Gasteiger charge is 2.23. The molecule has 1 atom stereocenters. The standard InChI is InChI=1S/C18H21NO4/c1-18(2,3)23-17(22)19-15(11-16(20)21)14-10-6-8-12-7-4-5-9-13(12)14/h4-10,15H,11H2,1-3H3,(H,19,22)(H,20,21)/t15-/m1/s1. The number of carboxylic acids is 1. The van der Waals surface area contributed by atoms with Gasteiger partial charge < -0.3 is 15.2 Å². The van der Waals surface area contributed by atoms with Gasteiger partial charge in [0, 0.05) is 0 Å². The van der Waals surface area contributed by atoms with E-state index in [-0.39, 0.29) is 6.42 Å². The monoisotopic (exact) mass is 315 g/mol. The van der Waals surface area contributed by atoms with Crippen LogP contribution < -0.4 is 5.32 Å². The average molecular weight is 315 g/mol. The van der Waals surface area contributed by atoms with Gasteiger partial charge in [0.05, 0.1) is 12.5 Å². The average Bonchev–Trinajstić information content (AvgIpc) is 2.43. The van der Waals surface area contributed by atoms with Gasteiger partial charge in [0.25, 0.3) is 0 Å². The smallest absolute Gasteiger partial charge is 0.408 e. The number of fused-ring (bicyclic) bond motifs is 1. The summed E-state index contributed by atoms with van der Waals surface area (Å²) in [4.78, 5) is 23.2. The van der Waals surface area contributed by atoms with E-state index in [9.17, 15) is 14.7 Å². The van der Waals surface area contributed by atoms with Crippen LogP contribution in [-0.2, 0) is 9.53 Å². The zero-order chi connectivity index (χ0) is 17.0. The molecule has 5 nitrogen and oxygen atoms in total. The predicted octanol–water partition coefficient (Wildman–Crippen LogP) is 3.88. The molecule has 0 aliphatic rings. The second-order valence-electron chi connectivity index (χ2n) is 6.37. The number of alkyl carbamates (subject to hydrolysis) is 1. The Balaban J connectivity index is 2.34. The summed E-state index contributed by atoms with van der Waals surface area (Å²) in [7, 11) is 0. The lowest BCUT2D eigenvalue weighted by Crippen LogP contribution is -2.35. The molecule has 0 saturated heterocycles. The van der Waals surface area contributed by atoms with Gasteiger partial charge in [0.2, 0.25) is 0 Å². The van der Waals surface area contributed by atoms with Crippen molar-refractivity contribution in [2.24, 2.45) is 0 Å². The summed E-state index contributed by atoms with van der Waals surface area (Å²) < 4.78 is 5.24. The van der Waals surface area contributed by atoms with Gasteiger partial charge in [-0.15, -0.1) is 0 Å². The van der Waals surface area contributed by atoms with Crippen LogP contribution in [0.1, 0.15) is 38.8 Å². The zero-order valence-electron chi connectivity index (χ0n) is 13.5. The third-order valence-corrected chi connectivity index (χ3v) is 3.27. The van der Waals surface area contributed by atoms with E-state index in [0.717, 1.165) is 16.3 Å². The molecule has 0 bridgehead atoms. The molecule has 2 aromatic rings. The van der Waals surface area contributed by atoms with Crippen molar-refractivity contribution in [3.8, 4) is 0 Å². The molecule has 0 heterocycles. The minimum absolute atomic E-state index is 0.215. The normalized spacial score (nSPS) is 12.7. The van der Waals surface area contributed by atoms with Gasteiger partial charge in [0.15, 0.2) is 0 Å². The first-order valence-electron chi connectivity index (χ1n) is 7.45. The van der Waals surface area contributed by atoms with Gasteiger partial charge in [-0.25, -0.2) is 4.79 Å². The molecule has 1 amide bonds. The van der Waals surface area contributed by atoms with Crippen molar-refractivity contribution in [1.82, 2.24) is 5.32 Å². The molecule has 122 valence electrons. The van der Waals surface area contributed by atoms with Crippen molar-refractivity contribution < 1.29 is 19.4 Å². The number of ether oxygens (including phenoxy) is 1. The Hall–Kier alpha value is -2.56. The first-order valence-corrected chi connectivity index (χ1v) is 7.45. The molecular weight excluding hydrogens is 294 g/mol. The molecule has 0 aliphatic heterocycles. The number of nitrogens with one attached hydrogen (secondary N) is 1. The van der Waals surface area contributed by atoms with E-state index in [0.29, 0.717) is 0 Å². The maximum Gasteiger partial charge on any atom is 0.408 e. The number of carbonyl (C=O) groups is 2. The summed E-state index contributed by atoms with van der Waals surface area (Å²) in [6.45, 7) is 5.28. The minimum Gasteiger partial charge on any atom is -0.481 e. The van der Waals surface area contributed by atoms with Crippen LogP contribution in [0, 0.1) is 0 Å². The predicted molar refractivity (Wildman–Crippen MR) is 88.3 cm³/mol. The third kappa shape index (κ3) is 4.71. The molecule has 0 aromatic heterocycles. The van der Waals surface area contributed by atoms with Crippen LogP contribution >= 0.6 is 0 Å². The maximum atomic E-state index is 12.0. The van der Waals surface area contributed by atoms with Gasteiger partial charge >= 0.3 is 12.1 Å². The topological polar surface area (TPSA) is 75.6 Å². The Kier molecular flexibility index (Phi) is 4.89. The number of hydrogen-bond donors (Lipinski definition) is 2. The molecule has 0 radical (unpaired) electrons. The van der Waals surface area contributed by atoms with Crippen LogP contribution in [0.15, 0.2) is 42.5 Å². The fraction of sp³-hybridized carbons (Fsp3) is 0.333. The Morgan fingerprint density at radius 3 is 2.43 bits per heavy atom.